The molecule has 0 amide bonds. The van der Waals surface area contributed by atoms with Crippen LogP contribution >= 0.6 is 0 Å². The quantitative estimate of drug-likeness (QED) is 0.603. The van der Waals surface area contributed by atoms with E-state index in [0.717, 1.165) is 16.7 Å². The molecule has 0 fully saturated rings. The van der Waals surface area contributed by atoms with E-state index in [1.807, 2.05) is 25.1 Å². The first-order valence-corrected chi connectivity index (χ1v) is 4.47. The average Bonchev–Trinajstić information content (AvgIpc) is 2.82. The van der Waals surface area contributed by atoms with Gasteiger partial charge < -0.3 is 8.94 Å². The van der Waals surface area contributed by atoms with Gasteiger partial charge in [-0.15, -0.1) is 0 Å². The summed E-state index contributed by atoms with van der Waals surface area (Å²) in [4.78, 5) is 8.19. The third-order valence-corrected chi connectivity index (χ3v) is 2.10. The number of nitrogens with zero attached hydrogens (tertiary/aromatic N) is 3. The van der Waals surface area contributed by atoms with E-state index in [2.05, 4.69) is 15.1 Å². The molecule has 5 heteroatoms. The summed E-state index contributed by atoms with van der Waals surface area (Å²) in [6.45, 7) is 1.81. The van der Waals surface area contributed by atoms with Crippen LogP contribution in [0.2, 0.25) is 0 Å². The lowest BCUT2D eigenvalue weighted by molar-refractivity contribution is 0.430. The molecule has 3 rings (SSSR count). The normalized spacial score (nSPS) is 11.0. The van der Waals surface area contributed by atoms with Crippen LogP contribution in [0.3, 0.4) is 0 Å². The van der Waals surface area contributed by atoms with Crippen molar-refractivity contribution < 1.29 is 8.94 Å². The fourth-order valence-corrected chi connectivity index (χ4v) is 1.48. The van der Waals surface area contributed by atoms with E-state index in [-0.39, 0.29) is 0 Å². The molecule has 0 spiro atoms. The number of benzene rings is 1. The van der Waals surface area contributed by atoms with E-state index in [4.69, 9.17) is 8.94 Å². The maximum Gasteiger partial charge on any atom is 0.257 e. The van der Waals surface area contributed by atoms with Gasteiger partial charge in [-0.05, 0) is 18.2 Å². The van der Waals surface area contributed by atoms with E-state index < -0.39 is 0 Å². The third-order valence-electron chi connectivity index (χ3n) is 2.10. The molecule has 0 atom stereocenters. The Kier molecular flexibility index (Phi) is 1.58. The second-order valence-corrected chi connectivity index (χ2v) is 3.16. The minimum Gasteiger partial charge on any atom is -0.441 e. The molecule has 2 aromatic heterocycles. The highest BCUT2D eigenvalue weighted by molar-refractivity contribution is 5.78. The predicted octanol–water partition coefficient (Wildman–Crippen LogP) is 2.19. The van der Waals surface area contributed by atoms with Gasteiger partial charge in [0.1, 0.15) is 5.52 Å². The van der Waals surface area contributed by atoms with Gasteiger partial charge >= 0.3 is 0 Å². The second-order valence-electron chi connectivity index (χ2n) is 3.16. The Morgan fingerprint density at radius 1 is 1.27 bits per heavy atom. The zero-order valence-corrected chi connectivity index (χ0v) is 7.97. The van der Waals surface area contributed by atoms with E-state index >= 15 is 0 Å². The average molecular weight is 201 g/mol. The third kappa shape index (κ3) is 1.28. The maximum absolute atomic E-state index is 5.36. The van der Waals surface area contributed by atoms with Crippen molar-refractivity contribution in [1.82, 2.24) is 15.1 Å². The lowest BCUT2D eigenvalue weighted by Gasteiger charge is -1.92. The maximum atomic E-state index is 5.36. The molecule has 0 unspecified atom stereocenters. The van der Waals surface area contributed by atoms with Crippen molar-refractivity contribution in [1.29, 1.82) is 0 Å². The highest BCUT2D eigenvalue weighted by Crippen LogP contribution is 2.22. The van der Waals surface area contributed by atoms with Crippen molar-refractivity contribution in [3.8, 4) is 11.5 Å². The van der Waals surface area contributed by atoms with Crippen molar-refractivity contribution in [3.63, 3.8) is 0 Å². The molecule has 0 saturated carbocycles. The van der Waals surface area contributed by atoms with Gasteiger partial charge in [0.05, 0.1) is 0 Å². The number of hydrogen-bond acceptors (Lipinski definition) is 5. The Balaban J connectivity index is 2.21. The molecule has 5 nitrogen and oxygen atoms in total. The first-order valence-electron chi connectivity index (χ1n) is 4.47. The van der Waals surface area contributed by atoms with Crippen LogP contribution in [0.15, 0.2) is 33.5 Å². The Hall–Kier alpha value is -2.17. The van der Waals surface area contributed by atoms with Gasteiger partial charge in [0.25, 0.3) is 5.89 Å². The molecule has 2 heterocycles. The molecular formula is C10H7N3O2. The van der Waals surface area contributed by atoms with E-state index in [1.54, 1.807) is 0 Å². The summed E-state index contributed by atoms with van der Waals surface area (Å²) < 4.78 is 10.3. The number of fused-ring (bicyclic) bond motifs is 1. The second kappa shape index (κ2) is 2.91. The van der Waals surface area contributed by atoms with Gasteiger partial charge in [0.2, 0.25) is 0 Å². The SMILES string of the molecule is Cc1nc2cc(-c3ncno3)ccc2o1. The molecular weight excluding hydrogens is 194 g/mol. The van der Waals surface area contributed by atoms with Crippen molar-refractivity contribution in [2.75, 3.05) is 0 Å². The Labute approximate surface area is 84.7 Å². The molecule has 0 bridgehead atoms. The number of hydrogen-bond donors (Lipinski definition) is 0. The van der Waals surface area contributed by atoms with Crippen molar-refractivity contribution in [3.05, 3.63) is 30.4 Å². The van der Waals surface area contributed by atoms with Gasteiger partial charge in [-0.3, -0.25) is 0 Å². The summed E-state index contributed by atoms with van der Waals surface area (Å²) >= 11 is 0. The smallest absolute Gasteiger partial charge is 0.257 e. The van der Waals surface area contributed by atoms with Crippen molar-refractivity contribution >= 4 is 11.1 Å². The van der Waals surface area contributed by atoms with E-state index in [9.17, 15) is 0 Å². The van der Waals surface area contributed by atoms with Crippen LogP contribution in [-0.4, -0.2) is 15.1 Å². The minimum atomic E-state index is 0.484. The molecule has 0 radical (unpaired) electrons. The van der Waals surface area contributed by atoms with Crippen molar-refractivity contribution in [2.45, 2.75) is 6.92 Å². The Bertz CT molecular complexity index is 598. The van der Waals surface area contributed by atoms with Crippen LogP contribution in [-0.2, 0) is 0 Å². The molecule has 0 aliphatic rings. The molecule has 0 aliphatic carbocycles. The molecule has 0 N–H and O–H groups in total. The highest BCUT2D eigenvalue weighted by Gasteiger charge is 2.07. The summed E-state index contributed by atoms with van der Waals surface area (Å²) in [6, 6.07) is 5.56. The lowest BCUT2D eigenvalue weighted by atomic mass is 10.2. The fourth-order valence-electron chi connectivity index (χ4n) is 1.48. The first-order chi connectivity index (χ1) is 7.33. The number of oxazole rings is 1. The monoisotopic (exact) mass is 201 g/mol. The largest absolute Gasteiger partial charge is 0.441 e. The summed E-state index contributed by atoms with van der Waals surface area (Å²) in [7, 11) is 0. The standard InChI is InChI=1S/C10H7N3O2/c1-6-13-8-4-7(2-3-9(8)14-6)10-11-5-12-15-10/h2-5H,1H3. The Morgan fingerprint density at radius 2 is 2.20 bits per heavy atom. The van der Waals surface area contributed by atoms with Gasteiger partial charge in [0, 0.05) is 12.5 Å². The highest BCUT2D eigenvalue weighted by atomic mass is 16.5. The van der Waals surface area contributed by atoms with Crippen LogP contribution in [0, 0.1) is 6.92 Å². The lowest BCUT2D eigenvalue weighted by Crippen LogP contribution is -1.77. The zero-order valence-electron chi connectivity index (χ0n) is 7.97. The van der Waals surface area contributed by atoms with E-state index in [1.165, 1.54) is 6.33 Å². The molecule has 0 aliphatic heterocycles. The molecule has 15 heavy (non-hydrogen) atoms. The summed E-state index contributed by atoms with van der Waals surface area (Å²) in [5, 5.41) is 3.55. The predicted molar refractivity (Wildman–Crippen MR) is 52.0 cm³/mol. The van der Waals surface area contributed by atoms with Gasteiger partial charge in [0.15, 0.2) is 17.8 Å². The fraction of sp³-hybridized carbons (Fsp3) is 0.100. The van der Waals surface area contributed by atoms with E-state index in [0.29, 0.717) is 11.8 Å². The number of aromatic nitrogens is 3. The van der Waals surface area contributed by atoms with Crippen molar-refractivity contribution in [2.24, 2.45) is 0 Å². The molecule has 0 saturated heterocycles. The minimum absolute atomic E-state index is 0.484. The van der Waals surface area contributed by atoms with Gasteiger partial charge in [-0.2, -0.15) is 4.98 Å². The zero-order chi connectivity index (χ0) is 10.3. The summed E-state index contributed by atoms with van der Waals surface area (Å²) in [5.41, 5.74) is 2.40. The van der Waals surface area contributed by atoms with Gasteiger partial charge in [-0.25, -0.2) is 4.98 Å². The molecule has 3 aromatic rings. The van der Waals surface area contributed by atoms with Crippen LogP contribution in [0.25, 0.3) is 22.6 Å². The number of aryl methyl sites for hydroxylation is 1. The molecule has 1 aromatic carbocycles. The molecule has 74 valence electrons. The van der Waals surface area contributed by atoms with Gasteiger partial charge in [-0.1, -0.05) is 5.16 Å². The van der Waals surface area contributed by atoms with Crippen LogP contribution in [0.4, 0.5) is 0 Å². The first kappa shape index (κ1) is 8.16. The topological polar surface area (TPSA) is 65.0 Å². The number of rotatable bonds is 1. The van der Waals surface area contributed by atoms with Crippen LogP contribution < -0.4 is 0 Å². The van der Waals surface area contributed by atoms with Crippen LogP contribution in [0.5, 0.6) is 0 Å². The Morgan fingerprint density at radius 3 is 3.00 bits per heavy atom. The van der Waals surface area contributed by atoms with Crippen LogP contribution in [0.1, 0.15) is 5.89 Å². The summed E-state index contributed by atoms with van der Waals surface area (Å²) in [5.74, 6) is 1.13. The summed E-state index contributed by atoms with van der Waals surface area (Å²) in [6.07, 6.45) is 1.37.